The maximum atomic E-state index is 12.7. The van der Waals surface area contributed by atoms with Gasteiger partial charge in [0.15, 0.2) is 10.8 Å². The first-order chi connectivity index (χ1) is 12.7. The summed E-state index contributed by atoms with van der Waals surface area (Å²) in [6.07, 6.45) is 7.66. The third-order valence-corrected chi connectivity index (χ3v) is 5.57. The molecule has 8 heteroatoms. The molecule has 6 nitrogen and oxygen atoms in total. The van der Waals surface area contributed by atoms with E-state index >= 15 is 0 Å². The van der Waals surface area contributed by atoms with E-state index in [0.717, 1.165) is 41.9 Å². The lowest BCUT2D eigenvalue weighted by Crippen LogP contribution is -2.24. The van der Waals surface area contributed by atoms with Crippen LogP contribution in [0, 0.1) is 11.3 Å². The summed E-state index contributed by atoms with van der Waals surface area (Å²) in [7, 11) is 0. The number of carbonyl (C=O) groups is 1. The molecule has 0 unspecified atom stereocenters. The Labute approximate surface area is 160 Å². The fraction of sp³-hybridized carbons (Fsp3) is 0.333. The molecule has 3 rings (SSSR count). The van der Waals surface area contributed by atoms with Crippen LogP contribution in [0.2, 0.25) is 0 Å². The van der Waals surface area contributed by atoms with Gasteiger partial charge in [-0.15, -0.1) is 11.8 Å². The van der Waals surface area contributed by atoms with Crippen LogP contribution in [0.25, 0.3) is 0 Å². The maximum absolute atomic E-state index is 12.7. The zero-order valence-electron chi connectivity index (χ0n) is 14.3. The van der Waals surface area contributed by atoms with Crippen molar-refractivity contribution in [2.24, 2.45) is 5.16 Å². The van der Waals surface area contributed by atoms with E-state index in [1.165, 1.54) is 6.20 Å². The highest BCUT2D eigenvalue weighted by Gasteiger charge is 2.20. The Morgan fingerprint density at radius 1 is 1.38 bits per heavy atom. The van der Waals surface area contributed by atoms with Gasteiger partial charge in [-0.25, -0.2) is 4.98 Å². The van der Waals surface area contributed by atoms with Gasteiger partial charge in [-0.2, -0.15) is 5.26 Å². The van der Waals surface area contributed by atoms with Crippen molar-refractivity contribution in [2.75, 3.05) is 11.6 Å². The standard InChI is InChI=1S/C18H18N4O2S2/c1-25-14-8-6-12(7-9-14)16(22-24-13-4-2-3-5-13)17(23)21-18-20-11-15(10-19)26-18/h6-9,11,13H,2-5H2,1H3,(H,20,21,23). The van der Waals surface area contributed by atoms with E-state index in [2.05, 4.69) is 15.5 Å². The van der Waals surface area contributed by atoms with Gasteiger partial charge < -0.3 is 4.84 Å². The molecule has 1 aliphatic carbocycles. The first kappa shape index (κ1) is 18.4. The van der Waals surface area contributed by atoms with Gasteiger partial charge in [-0.1, -0.05) is 28.6 Å². The Balaban J connectivity index is 1.81. The summed E-state index contributed by atoms with van der Waals surface area (Å²) in [5.74, 6) is -0.404. The molecule has 1 saturated carbocycles. The molecule has 1 fully saturated rings. The molecular weight excluding hydrogens is 368 g/mol. The van der Waals surface area contributed by atoms with E-state index in [1.807, 2.05) is 36.6 Å². The number of nitrogens with zero attached hydrogens (tertiary/aromatic N) is 3. The third kappa shape index (κ3) is 4.62. The number of oxime groups is 1. The van der Waals surface area contributed by atoms with E-state index in [-0.39, 0.29) is 11.8 Å². The Hall–Kier alpha value is -2.37. The number of nitrogens with one attached hydrogen (secondary N) is 1. The normalized spacial score (nSPS) is 14.8. The number of thioether (sulfide) groups is 1. The van der Waals surface area contributed by atoms with Crippen LogP contribution in [-0.2, 0) is 9.63 Å². The Kier molecular flexibility index (Phi) is 6.26. The van der Waals surface area contributed by atoms with E-state index in [0.29, 0.717) is 15.6 Å². The molecular formula is C18H18N4O2S2. The SMILES string of the molecule is CSc1ccc(C(=NOC2CCCC2)C(=O)Nc2ncc(C#N)s2)cc1. The number of aromatic nitrogens is 1. The van der Waals surface area contributed by atoms with Crippen molar-refractivity contribution in [1.82, 2.24) is 4.98 Å². The molecule has 26 heavy (non-hydrogen) atoms. The van der Waals surface area contributed by atoms with Gasteiger partial charge in [0.05, 0.1) is 6.20 Å². The molecule has 0 aliphatic heterocycles. The predicted octanol–water partition coefficient (Wildman–Crippen LogP) is 4.04. The summed E-state index contributed by atoms with van der Waals surface area (Å²) in [6.45, 7) is 0. The second-order valence-electron chi connectivity index (χ2n) is 5.78. The van der Waals surface area contributed by atoms with E-state index < -0.39 is 5.91 Å². The number of anilines is 1. The summed E-state index contributed by atoms with van der Waals surface area (Å²) < 4.78 is 0. The molecule has 0 bridgehead atoms. The smallest absolute Gasteiger partial charge is 0.280 e. The lowest BCUT2D eigenvalue weighted by Gasteiger charge is -2.10. The average Bonchev–Trinajstić information content (AvgIpc) is 3.34. The number of rotatable bonds is 6. The minimum absolute atomic E-state index is 0.0633. The molecule has 0 radical (unpaired) electrons. The van der Waals surface area contributed by atoms with Crippen molar-refractivity contribution in [3.05, 3.63) is 40.9 Å². The molecule has 2 aromatic rings. The Morgan fingerprint density at radius 2 is 2.12 bits per heavy atom. The topological polar surface area (TPSA) is 87.4 Å². The second-order valence-corrected chi connectivity index (χ2v) is 7.69. The van der Waals surface area contributed by atoms with Crippen LogP contribution in [0.3, 0.4) is 0 Å². The van der Waals surface area contributed by atoms with Crippen molar-refractivity contribution < 1.29 is 9.63 Å². The van der Waals surface area contributed by atoms with Crippen LogP contribution in [0.15, 0.2) is 40.5 Å². The molecule has 0 atom stereocenters. The van der Waals surface area contributed by atoms with Crippen LogP contribution >= 0.6 is 23.1 Å². The third-order valence-electron chi connectivity index (χ3n) is 4.01. The maximum Gasteiger partial charge on any atom is 0.280 e. The van der Waals surface area contributed by atoms with Crippen molar-refractivity contribution in [3.8, 4) is 6.07 Å². The van der Waals surface area contributed by atoms with Gasteiger partial charge in [0.25, 0.3) is 5.91 Å². The second kappa shape index (κ2) is 8.83. The molecule has 1 amide bonds. The summed E-state index contributed by atoms with van der Waals surface area (Å²) in [6, 6.07) is 9.59. The van der Waals surface area contributed by atoms with Gasteiger partial charge in [0.2, 0.25) is 0 Å². The van der Waals surface area contributed by atoms with Gasteiger partial charge in [-0.05, 0) is 44.1 Å². The number of thiazole rings is 1. The van der Waals surface area contributed by atoms with Crippen molar-refractivity contribution >= 4 is 39.8 Å². The fourth-order valence-corrected chi connectivity index (χ4v) is 3.65. The minimum Gasteiger partial charge on any atom is -0.392 e. The summed E-state index contributed by atoms with van der Waals surface area (Å²) in [5.41, 5.74) is 0.883. The molecule has 0 saturated heterocycles. The molecule has 134 valence electrons. The van der Waals surface area contributed by atoms with Crippen molar-refractivity contribution in [3.63, 3.8) is 0 Å². The number of nitriles is 1. The Bertz CT molecular complexity index is 834. The zero-order chi connectivity index (χ0) is 18.4. The number of carbonyl (C=O) groups excluding carboxylic acids is 1. The van der Waals surface area contributed by atoms with Crippen molar-refractivity contribution in [2.45, 2.75) is 36.7 Å². The first-order valence-corrected chi connectivity index (χ1v) is 10.3. The van der Waals surface area contributed by atoms with Gasteiger partial charge in [-0.3, -0.25) is 10.1 Å². The number of hydrogen-bond acceptors (Lipinski definition) is 7. The fourth-order valence-electron chi connectivity index (χ4n) is 2.64. The molecule has 1 aliphatic rings. The number of benzene rings is 1. The van der Waals surface area contributed by atoms with E-state index in [9.17, 15) is 4.79 Å². The number of amides is 1. The zero-order valence-corrected chi connectivity index (χ0v) is 15.9. The Morgan fingerprint density at radius 3 is 2.73 bits per heavy atom. The monoisotopic (exact) mass is 386 g/mol. The molecule has 1 heterocycles. The minimum atomic E-state index is -0.404. The van der Waals surface area contributed by atoms with Crippen LogP contribution in [0.4, 0.5) is 5.13 Å². The van der Waals surface area contributed by atoms with Crippen LogP contribution < -0.4 is 5.32 Å². The van der Waals surface area contributed by atoms with Gasteiger partial charge >= 0.3 is 0 Å². The highest BCUT2D eigenvalue weighted by Crippen LogP contribution is 2.22. The summed E-state index contributed by atoms with van der Waals surface area (Å²) >= 11 is 2.75. The van der Waals surface area contributed by atoms with Crippen LogP contribution in [-0.4, -0.2) is 29.0 Å². The van der Waals surface area contributed by atoms with Crippen LogP contribution in [0.1, 0.15) is 36.1 Å². The molecule has 1 aromatic carbocycles. The highest BCUT2D eigenvalue weighted by atomic mass is 32.2. The van der Waals surface area contributed by atoms with Crippen molar-refractivity contribution in [1.29, 1.82) is 5.26 Å². The lowest BCUT2D eigenvalue weighted by molar-refractivity contribution is -0.110. The summed E-state index contributed by atoms with van der Waals surface area (Å²) in [5, 5.41) is 16.1. The quantitative estimate of drug-likeness (QED) is 0.460. The average molecular weight is 387 g/mol. The first-order valence-electron chi connectivity index (χ1n) is 8.25. The molecule has 1 aromatic heterocycles. The summed E-state index contributed by atoms with van der Waals surface area (Å²) in [4.78, 5) is 23.9. The number of hydrogen-bond donors (Lipinski definition) is 1. The van der Waals surface area contributed by atoms with E-state index in [1.54, 1.807) is 11.8 Å². The highest BCUT2D eigenvalue weighted by molar-refractivity contribution is 7.98. The van der Waals surface area contributed by atoms with E-state index in [4.69, 9.17) is 10.1 Å². The molecule has 1 N–H and O–H groups in total. The van der Waals surface area contributed by atoms with Crippen LogP contribution in [0.5, 0.6) is 0 Å². The predicted molar refractivity (Wildman–Crippen MR) is 104 cm³/mol. The van der Waals surface area contributed by atoms with Gasteiger partial charge in [0, 0.05) is 10.5 Å². The van der Waals surface area contributed by atoms with Gasteiger partial charge in [0.1, 0.15) is 17.1 Å². The molecule has 0 spiro atoms. The largest absolute Gasteiger partial charge is 0.392 e. The lowest BCUT2D eigenvalue weighted by atomic mass is 10.1.